The maximum Gasteiger partial charge on any atom is 0.430 e. The first kappa shape index (κ1) is 24.3. The van der Waals surface area contributed by atoms with Crippen molar-refractivity contribution in [3.8, 4) is 5.69 Å². The van der Waals surface area contributed by atoms with Crippen molar-refractivity contribution in [3.05, 3.63) is 70.3 Å². The molecule has 4 nitrogen and oxygen atoms in total. The van der Waals surface area contributed by atoms with E-state index in [1.54, 1.807) is 24.3 Å². The molecular formula is C24H22F6N2O2. The molecule has 2 aromatic carbocycles. The molecule has 4 rings (SSSR count). The number of para-hydroxylation sites is 1. The molecule has 0 aliphatic heterocycles. The van der Waals surface area contributed by atoms with Gasteiger partial charge in [-0.15, -0.1) is 0 Å². The Balaban J connectivity index is 1.94. The number of halogens is 6. The van der Waals surface area contributed by atoms with Gasteiger partial charge in [0.1, 0.15) is 5.82 Å². The molecule has 0 unspecified atom stereocenters. The number of aromatic nitrogens is 2. The zero-order chi connectivity index (χ0) is 25.5. The van der Waals surface area contributed by atoms with Crippen LogP contribution in [0.5, 0.6) is 0 Å². The predicted octanol–water partition coefficient (Wildman–Crippen LogP) is 5.85. The molecule has 1 N–H and O–H groups in total. The van der Waals surface area contributed by atoms with Gasteiger partial charge in [0.25, 0.3) is 11.2 Å². The summed E-state index contributed by atoms with van der Waals surface area (Å²) in [5.41, 5.74) is -6.97. The Morgan fingerprint density at radius 1 is 0.853 bits per heavy atom. The number of nitrogens with zero attached hydrogens (tertiary/aromatic N) is 2. The summed E-state index contributed by atoms with van der Waals surface area (Å²) in [4.78, 5) is 18.1. The van der Waals surface area contributed by atoms with Crippen molar-refractivity contribution < 1.29 is 31.4 Å². The van der Waals surface area contributed by atoms with Gasteiger partial charge in [-0.2, -0.15) is 26.3 Å². The van der Waals surface area contributed by atoms with E-state index in [0.29, 0.717) is 23.5 Å². The molecule has 3 aromatic rings. The smallest absolute Gasteiger partial charge is 0.369 e. The average molecular weight is 484 g/mol. The lowest BCUT2D eigenvalue weighted by Gasteiger charge is -2.32. The standard InChI is InChI=1S/C24H22F6N2O2/c1-20(2)17(21(20,3)4)18-31-16-8-6-5-7-15(16)19(33)32(18)14-11-9-13(10-12-14)22(34,23(25,26)27)24(28,29)30/h5-12,17,34H,1-4H3. The van der Waals surface area contributed by atoms with Gasteiger partial charge in [-0.05, 0) is 35.1 Å². The van der Waals surface area contributed by atoms with Gasteiger partial charge in [0, 0.05) is 11.5 Å². The minimum Gasteiger partial charge on any atom is -0.369 e. The molecule has 0 radical (unpaired) electrons. The van der Waals surface area contributed by atoms with Crippen molar-refractivity contribution in [3.63, 3.8) is 0 Å². The van der Waals surface area contributed by atoms with E-state index in [1.807, 2.05) is 27.7 Å². The Morgan fingerprint density at radius 2 is 1.35 bits per heavy atom. The Labute approximate surface area is 190 Å². The Morgan fingerprint density at radius 3 is 1.82 bits per heavy atom. The molecule has 0 atom stereocenters. The first-order valence-electron chi connectivity index (χ1n) is 10.4. The van der Waals surface area contributed by atoms with Crippen LogP contribution in [0.1, 0.15) is 45.0 Å². The van der Waals surface area contributed by atoms with Gasteiger partial charge in [0.15, 0.2) is 0 Å². The highest BCUT2D eigenvalue weighted by atomic mass is 19.4. The van der Waals surface area contributed by atoms with Gasteiger partial charge >= 0.3 is 12.4 Å². The molecule has 0 bridgehead atoms. The summed E-state index contributed by atoms with van der Waals surface area (Å²) in [7, 11) is 0. The lowest BCUT2D eigenvalue weighted by molar-refractivity contribution is -0.376. The Kier molecular flexibility index (Phi) is 5.04. The van der Waals surface area contributed by atoms with Crippen LogP contribution >= 0.6 is 0 Å². The van der Waals surface area contributed by atoms with Crippen LogP contribution < -0.4 is 5.56 Å². The van der Waals surface area contributed by atoms with E-state index < -0.39 is 29.1 Å². The molecule has 1 saturated carbocycles. The van der Waals surface area contributed by atoms with E-state index in [9.17, 15) is 36.2 Å². The van der Waals surface area contributed by atoms with E-state index in [1.165, 1.54) is 4.57 Å². The number of benzene rings is 2. The van der Waals surface area contributed by atoms with Gasteiger partial charge in [0.2, 0.25) is 0 Å². The van der Waals surface area contributed by atoms with Gasteiger partial charge in [-0.3, -0.25) is 9.36 Å². The van der Waals surface area contributed by atoms with Crippen molar-refractivity contribution >= 4 is 10.9 Å². The third-order valence-electron chi connectivity index (χ3n) is 7.44. The van der Waals surface area contributed by atoms with E-state index in [0.717, 1.165) is 12.1 Å². The number of rotatable bonds is 3. The van der Waals surface area contributed by atoms with Crippen LogP contribution in [-0.2, 0) is 5.60 Å². The molecule has 1 aromatic heterocycles. The molecule has 34 heavy (non-hydrogen) atoms. The fourth-order valence-electron chi connectivity index (χ4n) is 4.77. The zero-order valence-electron chi connectivity index (χ0n) is 18.7. The maximum absolute atomic E-state index is 13.4. The minimum absolute atomic E-state index is 0.0483. The monoisotopic (exact) mass is 484 g/mol. The van der Waals surface area contributed by atoms with Crippen molar-refractivity contribution in [1.29, 1.82) is 0 Å². The average Bonchev–Trinajstić information content (AvgIpc) is 3.13. The van der Waals surface area contributed by atoms with Crippen molar-refractivity contribution in [2.45, 2.75) is 51.6 Å². The largest absolute Gasteiger partial charge is 0.430 e. The van der Waals surface area contributed by atoms with Crippen molar-refractivity contribution in [2.75, 3.05) is 0 Å². The van der Waals surface area contributed by atoms with Gasteiger partial charge in [-0.1, -0.05) is 52.0 Å². The molecular weight excluding hydrogens is 462 g/mol. The van der Waals surface area contributed by atoms with E-state index in [4.69, 9.17) is 0 Å². The molecule has 1 aliphatic carbocycles. The van der Waals surface area contributed by atoms with Gasteiger partial charge in [0.05, 0.1) is 16.6 Å². The van der Waals surface area contributed by atoms with E-state index in [-0.39, 0.29) is 27.8 Å². The second kappa shape index (κ2) is 7.07. The SMILES string of the molecule is CC1(C)C(c2nc3ccccc3c(=O)n2-c2ccc(C(O)(C(F)(F)F)C(F)(F)F)cc2)C1(C)C. The topological polar surface area (TPSA) is 55.1 Å². The van der Waals surface area contributed by atoms with Crippen molar-refractivity contribution in [1.82, 2.24) is 9.55 Å². The minimum atomic E-state index is -6.00. The predicted molar refractivity (Wildman–Crippen MR) is 114 cm³/mol. The molecule has 0 spiro atoms. The Bertz CT molecular complexity index is 1290. The molecule has 1 heterocycles. The van der Waals surface area contributed by atoms with Crippen molar-refractivity contribution in [2.24, 2.45) is 10.8 Å². The van der Waals surface area contributed by atoms with Crippen LogP contribution in [0.3, 0.4) is 0 Å². The zero-order valence-corrected chi connectivity index (χ0v) is 18.7. The molecule has 182 valence electrons. The summed E-state index contributed by atoms with van der Waals surface area (Å²) in [5.74, 6) is 0.174. The summed E-state index contributed by atoms with van der Waals surface area (Å²) < 4.78 is 80.8. The normalized spacial score (nSPS) is 18.3. The quantitative estimate of drug-likeness (QED) is 0.475. The summed E-state index contributed by atoms with van der Waals surface area (Å²) >= 11 is 0. The Hall–Kier alpha value is -2.88. The summed E-state index contributed by atoms with van der Waals surface area (Å²) in [6.07, 6.45) is -12.0. The molecule has 0 saturated heterocycles. The van der Waals surface area contributed by atoms with Gasteiger partial charge < -0.3 is 5.11 Å². The number of fused-ring (bicyclic) bond motifs is 1. The number of alkyl halides is 6. The third kappa shape index (κ3) is 3.18. The molecule has 0 amide bonds. The second-order valence-electron chi connectivity index (χ2n) is 9.76. The van der Waals surface area contributed by atoms with E-state index in [2.05, 4.69) is 4.98 Å². The lowest BCUT2D eigenvalue weighted by Crippen LogP contribution is -2.53. The first-order chi connectivity index (χ1) is 15.5. The van der Waals surface area contributed by atoms with Crippen LogP contribution in [0.4, 0.5) is 26.3 Å². The fourth-order valence-corrected chi connectivity index (χ4v) is 4.77. The van der Waals surface area contributed by atoms with Crippen LogP contribution in [0.2, 0.25) is 0 Å². The van der Waals surface area contributed by atoms with Crippen LogP contribution in [0.15, 0.2) is 53.3 Å². The highest BCUT2D eigenvalue weighted by Gasteiger charge is 2.71. The highest BCUT2D eigenvalue weighted by Crippen LogP contribution is 2.73. The first-order valence-corrected chi connectivity index (χ1v) is 10.4. The maximum atomic E-state index is 13.4. The third-order valence-corrected chi connectivity index (χ3v) is 7.44. The highest BCUT2D eigenvalue weighted by molar-refractivity contribution is 5.78. The fraction of sp³-hybridized carbons (Fsp3) is 0.417. The molecule has 1 aliphatic rings. The van der Waals surface area contributed by atoms with Crippen LogP contribution in [0.25, 0.3) is 16.6 Å². The van der Waals surface area contributed by atoms with E-state index >= 15 is 0 Å². The van der Waals surface area contributed by atoms with Gasteiger partial charge in [-0.25, -0.2) is 4.98 Å². The number of hydrogen-bond acceptors (Lipinski definition) is 3. The van der Waals surface area contributed by atoms with Crippen LogP contribution in [0, 0.1) is 10.8 Å². The molecule has 10 heteroatoms. The summed E-state index contributed by atoms with van der Waals surface area (Å²) in [5, 5.41) is 9.93. The number of aliphatic hydroxyl groups is 1. The lowest BCUT2D eigenvalue weighted by atomic mass is 9.92. The molecule has 1 fully saturated rings. The summed E-state index contributed by atoms with van der Waals surface area (Å²) in [6.45, 7) is 8.00. The second-order valence-corrected chi connectivity index (χ2v) is 9.76. The van der Waals surface area contributed by atoms with Crippen LogP contribution in [-0.4, -0.2) is 27.0 Å². The number of hydrogen-bond donors (Lipinski definition) is 1. The summed E-state index contributed by atoms with van der Waals surface area (Å²) in [6, 6.07) is 9.56.